The molecule has 0 saturated heterocycles. The van der Waals surface area contributed by atoms with Crippen molar-refractivity contribution in [2.24, 2.45) is 5.84 Å². The minimum absolute atomic E-state index is 0.269. The molecule has 0 aliphatic carbocycles. The van der Waals surface area contributed by atoms with E-state index in [9.17, 15) is 9.59 Å². The van der Waals surface area contributed by atoms with Gasteiger partial charge in [-0.1, -0.05) is 0 Å². The second-order valence-corrected chi connectivity index (χ2v) is 3.42. The van der Waals surface area contributed by atoms with Crippen LogP contribution in [-0.2, 0) is 6.54 Å². The van der Waals surface area contributed by atoms with Gasteiger partial charge in [-0.2, -0.15) is 0 Å². The summed E-state index contributed by atoms with van der Waals surface area (Å²) in [5.74, 6) is 5.27. The van der Waals surface area contributed by atoms with Crippen LogP contribution in [0.5, 0.6) is 0 Å². The number of anilines is 1. The molecule has 0 amide bonds. The maximum absolute atomic E-state index is 11.4. The van der Waals surface area contributed by atoms with Crippen LogP contribution in [0.1, 0.15) is 5.69 Å². The quantitative estimate of drug-likeness (QED) is 0.478. The lowest BCUT2D eigenvalue weighted by atomic mass is 10.3. The van der Waals surface area contributed by atoms with Crippen molar-refractivity contribution < 1.29 is 0 Å². The number of pyridine rings is 1. The summed E-state index contributed by atoms with van der Waals surface area (Å²) < 4.78 is 1.35. The number of aromatic nitrogens is 3. The van der Waals surface area contributed by atoms with E-state index in [0.29, 0.717) is 11.4 Å². The molecule has 7 nitrogen and oxygen atoms in total. The number of H-pyrrole nitrogens is 1. The minimum atomic E-state index is -0.467. The molecular formula is C10H11N5O2. The summed E-state index contributed by atoms with van der Waals surface area (Å²) >= 11 is 0. The molecule has 0 aliphatic rings. The van der Waals surface area contributed by atoms with Crippen LogP contribution in [0.2, 0.25) is 0 Å². The molecule has 0 atom stereocenters. The number of nitrogens with two attached hydrogens (primary N) is 1. The van der Waals surface area contributed by atoms with E-state index < -0.39 is 11.2 Å². The predicted molar refractivity (Wildman–Crippen MR) is 62.5 cm³/mol. The molecule has 0 saturated carbocycles. The summed E-state index contributed by atoms with van der Waals surface area (Å²) in [5, 5.41) is 0. The van der Waals surface area contributed by atoms with Crippen molar-refractivity contribution in [1.29, 1.82) is 0 Å². The van der Waals surface area contributed by atoms with E-state index in [1.165, 1.54) is 16.8 Å². The summed E-state index contributed by atoms with van der Waals surface area (Å²) in [5.41, 5.74) is 2.97. The number of nitrogens with zero attached hydrogens (tertiary/aromatic N) is 2. The monoisotopic (exact) mass is 233 g/mol. The zero-order chi connectivity index (χ0) is 12.3. The molecule has 0 radical (unpaired) electrons. The topological polar surface area (TPSA) is 106 Å². The third kappa shape index (κ3) is 2.58. The first-order chi connectivity index (χ1) is 8.19. The Morgan fingerprint density at radius 1 is 1.41 bits per heavy atom. The smallest absolute Gasteiger partial charge is 0.324 e. The highest BCUT2D eigenvalue weighted by Crippen LogP contribution is 2.06. The van der Waals surface area contributed by atoms with E-state index in [4.69, 9.17) is 5.84 Å². The average molecular weight is 233 g/mol. The number of hydrazine groups is 1. The lowest BCUT2D eigenvalue weighted by molar-refractivity contribution is 0.705. The highest BCUT2D eigenvalue weighted by atomic mass is 16.2. The molecule has 0 unspecified atom stereocenters. The molecule has 2 aromatic rings. The van der Waals surface area contributed by atoms with Crippen LogP contribution in [0.4, 0.5) is 5.69 Å². The summed E-state index contributed by atoms with van der Waals surface area (Å²) in [6.45, 7) is 0.269. The van der Waals surface area contributed by atoms with Gasteiger partial charge in [0.1, 0.15) is 0 Å². The molecule has 0 aliphatic heterocycles. The van der Waals surface area contributed by atoms with Gasteiger partial charge in [0.15, 0.2) is 0 Å². The molecule has 2 heterocycles. The largest absolute Gasteiger partial charge is 0.328 e. The van der Waals surface area contributed by atoms with Gasteiger partial charge in [0, 0.05) is 18.5 Å². The van der Waals surface area contributed by atoms with Crippen molar-refractivity contribution in [2.45, 2.75) is 6.54 Å². The first kappa shape index (κ1) is 11.1. The van der Waals surface area contributed by atoms with Crippen LogP contribution >= 0.6 is 0 Å². The molecule has 0 bridgehead atoms. The number of nitrogen functional groups attached to an aromatic ring is 1. The molecule has 2 aromatic heterocycles. The zero-order valence-corrected chi connectivity index (χ0v) is 8.88. The van der Waals surface area contributed by atoms with Crippen LogP contribution in [0.15, 0.2) is 40.2 Å². The fourth-order valence-electron chi connectivity index (χ4n) is 1.40. The van der Waals surface area contributed by atoms with Crippen LogP contribution in [0.3, 0.4) is 0 Å². The number of nitrogens with one attached hydrogen (secondary N) is 2. The molecule has 0 aromatic carbocycles. The van der Waals surface area contributed by atoms with E-state index in [0.717, 1.165) is 0 Å². The molecule has 0 spiro atoms. The van der Waals surface area contributed by atoms with Crippen molar-refractivity contribution >= 4 is 5.69 Å². The van der Waals surface area contributed by atoms with Crippen molar-refractivity contribution in [1.82, 2.24) is 14.5 Å². The van der Waals surface area contributed by atoms with E-state index in [1.54, 1.807) is 18.3 Å². The van der Waals surface area contributed by atoms with Gasteiger partial charge in [-0.15, -0.1) is 0 Å². The van der Waals surface area contributed by atoms with Crippen molar-refractivity contribution in [3.05, 3.63) is 57.1 Å². The Morgan fingerprint density at radius 3 is 2.94 bits per heavy atom. The van der Waals surface area contributed by atoms with Crippen molar-refractivity contribution in [3.8, 4) is 0 Å². The lowest BCUT2D eigenvalue weighted by Crippen LogP contribution is -2.29. The fourth-order valence-corrected chi connectivity index (χ4v) is 1.40. The van der Waals surface area contributed by atoms with E-state index in [-0.39, 0.29) is 6.54 Å². The van der Waals surface area contributed by atoms with Gasteiger partial charge in [-0.3, -0.25) is 25.2 Å². The third-order valence-electron chi connectivity index (χ3n) is 2.21. The normalized spacial score (nSPS) is 10.2. The number of hydrogen-bond donors (Lipinski definition) is 3. The van der Waals surface area contributed by atoms with Gasteiger partial charge < -0.3 is 5.43 Å². The Kier molecular flexibility index (Phi) is 3.01. The van der Waals surface area contributed by atoms with Crippen molar-refractivity contribution in [3.63, 3.8) is 0 Å². The minimum Gasteiger partial charge on any atom is -0.324 e. The Labute approximate surface area is 95.9 Å². The summed E-state index contributed by atoms with van der Waals surface area (Å²) in [6, 6.07) is 4.71. The molecule has 4 N–H and O–H groups in total. The van der Waals surface area contributed by atoms with Crippen LogP contribution < -0.4 is 22.5 Å². The van der Waals surface area contributed by atoms with Gasteiger partial charge in [0.05, 0.1) is 17.9 Å². The van der Waals surface area contributed by atoms with Crippen molar-refractivity contribution in [2.75, 3.05) is 5.43 Å². The number of rotatable bonds is 3. The van der Waals surface area contributed by atoms with E-state index in [2.05, 4.69) is 15.4 Å². The van der Waals surface area contributed by atoms with Gasteiger partial charge in [-0.25, -0.2) is 4.79 Å². The van der Waals surface area contributed by atoms with Gasteiger partial charge in [-0.05, 0) is 12.1 Å². The van der Waals surface area contributed by atoms with Crippen LogP contribution in [0.25, 0.3) is 0 Å². The lowest BCUT2D eigenvalue weighted by Gasteiger charge is -2.05. The summed E-state index contributed by atoms with van der Waals surface area (Å²) in [7, 11) is 0. The molecule has 0 fully saturated rings. The predicted octanol–water partition coefficient (Wildman–Crippen LogP) is -0.735. The highest BCUT2D eigenvalue weighted by Gasteiger charge is 2.00. The standard InChI is InChI=1S/C10H11N5O2/c11-14-7-1-3-12-8(5-7)6-15-4-2-9(16)13-10(15)17/h1-5H,6,11H2,(H,12,14)(H,13,16,17). The van der Waals surface area contributed by atoms with Gasteiger partial charge in [0.25, 0.3) is 5.56 Å². The number of aromatic amines is 1. The second-order valence-electron chi connectivity index (χ2n) is 3.42. The van der Waals surface area contributed by atoms with Gasteiger partial charge in [0.2, 0.25) is 0 Å². The average Bonchev–Trinajstić information content (AvgIpc) is 2.33. The molecular weight excluding hydrogens is 222 g/mol. The molecule has 2 rings (SSSR count). The first-order valence-corrected chi connectivity index (χ1v) is 4.90. The van der Waals surface area contributed by atoms with Crippen LogP contribution in [0, 0.1) is 0 Å². The SMILES string of the molecule is NNc1ccnc(Cn2ccc(=O)[nH]c2=O)c1. The van der Waals surface area contributed by atoms with Gasteiger partial charge >= 0.3 is 5.69 Å². The summed E-state index contributed by atoms with van der Waals surface area (Å²) in [6.07, 6.45) is 3.01. The van der Waals surface area contributed by atoms with Crippen LogP contribution in [-0.4, -0.2) is 14.5 Å². The Hall–Kier alpha value is -2.41. The second kappa shape index (κ2) is 4.62. The number of hydrogen-bond acceptors (Lipinski definition) is 5. The fraction of sp³-hybridized carbons (Fsp3) is 0.100. The maximum atomic E-state index is 11.4. The summed E-state index contributed by atoms with van der Waals surface area (Å²) in [4.78, 5) is 28.6. The molecule has 7 heteroatoms. The molecule has 88 valence electrons. The van der Waals surface area contributed by atoms with E-state index >= 15 is 0 Å². The molecule has 17 heavy (non-hydrogen) atoms. The third-order valence-corrected chi connectivity index (χ3v) is 2.21. The Balaban J connectivity index is 2.31. The van der Waals surface area contributed by atoms with E-state index in [1.807, 2.05) is 0 Å². The Bertz CT molecular complexity index is 631. The Morgan fingerprint density at radius 2 is 2.24 bits per heavy atom. The maximum Gasteiger partial charge on any atom is 0.328 e. The first-order valence-electron chi connectivity index (χ1n) is 4.90. The highest BCUT2D eigenvalue weighted by molar-refractivity contribution is 5.41. The zero-order valence-electron chi connectivity index (χ0n) is 8.88.